The van der Waals surface area contributed by atoms with Crippen molar-refractivity contribution in [3.8, 4) is 0 Å². The van der Waals surface area contributed by atoms with Gasteiger partial charge in [-0.15, -0.1) is 0 Å². The third kappa shape index (κ3) is 3.35. The van der Waals surface area contributed by atoms with Crippen molar-refractivity contribution in [1.29, 1.82) is 0 Å². The van der Waals surface area contributed by atoms with E-state index in [1.165, 1.54) is 5.56 Å². The zero-order chi connectivity index (χ0) is 12.1. The summed E-state index contributed by atoms with van der Waals surface area (Å²) in [5, 5.41) is 2.95. The lowest BCUT2D eigenvalue weighted by Crippen LogP contribution is -2.15. The number of hydrogen-bond donors (Lipinski definition) is 2. The van der Waals surface area contributed by atoms with Crippen LogP contribution in [0.1, 0.15) is 29.5 Å². The van der Waals surface area contributed by atoms with Gasteiger partial charge in [-0.05, 0) is 44.9 Å². The number of amides is 1. The van der Waals surface area contributed by atoms with Gasteiger partial charge in [0.1, 0.15) is 0 Å². The number of rotatable bonds is 4. The Morgan fingerprint density at radius 1 is 1.25 bits per heavy atom. The molecule has 0 unspecified atom stereocenters. The standard InChI is InChI=1S/C13H20N2O/c1-9-7-10(2)13(11(3)8-9)15-12(16)5-4-6-14/h7-8H,4-6,14H2,1-3H3,(H,15,16). The SMILES string of the molecule is Cc1cc(C)c(NC(=O)CCCN)c(C)c1. The molecular formula is C13H20N2O. The van der Waals surface area contributed by atoms with Gasteiger partial charge in [0.15, 0.2) is 0 Å². The molecule has 1 amide bonds. The Morgan fingerprint density at radius 2 is 1.81 bits per heavy atom. The van der Waals surface area contributed by atoms with Crippen LogP contribution in [0.3, 0.4) is 0 Å². The first-order chi connectivity index (χ1) is 7.54. The lowest BCUT2D eigenvalue weighted by atomic mass is 10.0. The molecule has 0 fully saturated rings. The first-order valence-corrected chi connectivity index (χ1v) is 5.62. The van der Waals surface area contributed by atoms with E-state index in [1.807, 2.05) is 13.8 Å². The zero-order valence-electron chi connectivity index (χ0n) is 10.3. The van der Waals surface area contributed by atoms with Crippen LogP contribution >= 0.6 is 0 Å². The van der Waals surface area contributed by atoms with E-state index in [-0.39, 0.29) is 5.91 Å². The van der Waals surface area contributed by atoms with E-state index in [0.717, 1.165) is 23.2 Å². The molecule has 3 heteroatoms. The van der Waals surface area contributed by atoms with Crippen LogP contribution in [-0.2, 0) is 4.79 Å². The first-order valence-electron chi connectivity index (χ1n) is 5.62. The van der Waals surface area contributed by atoms with E-state index < -0.39 is 0 Å². The number of anilines is 1. The predicted molar refractivity (Wildman–Crippen MR) is 67.6 cm³/mol. The Balaban J connectivity index is 2.77. The molecule has 1 rings (SSSR count). The Labute approximate surface area is 97.0 Å². The molecule has 3 nitrogen and oxygen atoms in total. The fraction of sp³-hybridized carbons (Fsp3) is 0.462. The Kier molecular flexibility index (Phi) is 4.50. The summed E-state index contributed by atoms with van der Waals surface area (Å²) < 4.78 is 0. The fourth-order valence-electron chi connectivity index (χ4n) is 1.84. The summed E-state index contributed by atoms with van der Waals surface area (Å²) in [6.07, 6.45) is 1.22. The van der Waals surface area contributed by atoms with Gasteiger partial charge in [0, 0.05) is 12.1 Å². The van der Waals surface area contributed by atoms with Crippen molar-refractivity contribution in [3.05, 3.63) is 28.8 Å². The highest BCUT2D eigenvalue weighted by atomic mass is 16.1. The molecule has 0 atom stereocenters. The normalized spacial score (nSPS) is 10.2. The number of carbonyl (C=O) groups excluding carboxylic acids is 1. The average Bonchev–Trinajstić information content (AvgIpc) is 2.20. The number of nitrogens with one attached hydrogen (secondary N) is 1. The predicted octanol–water partition coefficient (Wildman–Crippen LogP) is 2.29. The van der Waals surface area contributed by atoms with Gasteiger partial charge in [-0.2, -0.15) is 0 Å². The summed E-state index contributed by atoms with van der Waals surface area (Å²) in [5.41, 5.74) is 9.74. The van der Waals surface area contributed by atoms with E-state index in [9.17, 15) is 4.79 Å². The van der Waals surface area contributed by atoms with Crippen LogP contribution in [0.25, 0.3) is 0 Å². The first kappa shape index (κ1) is 12.7. The van der Waals surface area contributed by atoms with Gasteiger partial charge in [-0.3, -0.25) is 4.79 Å². The van der Waals surface area contributed by atoms with Gasteiger partial charge in [0.25, 0.3) is 0 Å². The molecule has 0 aliphatic carbocycles. The van der Waals surface area contributed by atoms with E-state index >= 15 is 0 Å². The van der Waals surface area contributed by atoms with Crippen molar-refractivity contribution in [3.63, 3.8) is 0 Å². The smallest absolute Gasteiger partial charge is 0.224 e. The molecule has 0 aliphatic heterocycles. The van der Waals surface area contributed by atoms with Crippen LogP contribution in [0.15, 0.2) is 12.1 Å². The average molecular weight is 220 g/mol. The van der Waals surface area contributed by atoms with Crippen molar-refractivity contribution in [2.24, 2.45) is 5.73 Å². The molecule has 0 radical (unpaired) electrons. The molecular weight excluding hydrogens is 200 g/mol. The van der Waals surface area contributed by atoms with Crippen molar-refractivity contribution in [1.82, 2.24) is 0 Å². The van der Waals surface area contributed by atoms with E-state index in [4.69, 9.17) is 5.73 Å². The molecule has 0 aliphatic rings. The quantitative estimate of drug-likeness (QED) is 0.818. The highest BCUT2D eigenvalue weighted by Crippen LogP contribution is 2.22. The number of carbonyl (C=O) groups is 1. The Morgan fingerprint density at radius 3 is 2.31 bits per heavy atom. The summed E-state index contributed by atoms with van der Waals surface area (Å²) in [6, 6.07) is 4.15. The van der Waals surface area contributed by atoms with Gasteiger partial charge in [-0.25, -0.2) is 0 Å². The van der Waals surface area contributed by atoms with Crippen molar-refractivity contribution in [2.75, 3.05) is 11.9 Å². The van der Waals surface area contributed by atoms with Crippen molar-refractivity contribution < 1.29 is 4.79 Å². The van der Waals surface area contributed by atoms with E-state index in [1.54, 1.807) is 0 Å². The van der Waals surface area contributed by atoms with Crippen LogP contribution in [0.2, 0.25) is 0 Å². The number of benzene rings is 1. The van der Waals surface area contributed by atoms with Gasteiger partial charge in [0.2, 0.25) is 5.91 Å². The molecule has 1 aromatic carbocycles. The molecule has 0 saturated carbocycles. The second-order valence-electron chi connectivity index (χ2n) is 4.21. The summed E-state index contributed by atoms with van der Waals surface area (Å²) in [6.45, 7) is 6.64. The molecule has 0 aromatic heterocycles. The number of hydrogen-bond acceptors (Lipinski definition) is 2. The second-order valence-corrected chi connectivity index (χ2v) is 4.21. The van der Waals surface area contributed by atoms with Gasteiger partial charge in [-0.1, -0.05) is 17.7 Å². The second kappa shape index (κ2) is 5.66. The van der Waals surface area contributed by atoms with Crippen LogP contribution in [0.5, 0.6) is 0 Å². The maximum atomic E-state index is 11.6. The minimum absolute atomic E-state index is 0.0421. The molecule has 0 spiro atoms. The largest absolute Gasteiger partial charge is 0.330 e. The highest BCUT2D eigenvalue weighted by Gasteiger charge is 2.07. The zero-order valence-corrected chi connectivity index (χ0v) is 10.3. The molecule has 16 heavy (non-hydrogen) atoms. The van der Waals surface area contributed by atoms with E-state index in [2.05, 4.69) is 24.4 Å². The van der Waals surface area contributed by atoms with Gasteiger partial charge >= 0.3 is 0 Å². The topological polar surface area (TPSA) is 55.1 Å². The monoisotopic (exact) mass is 220 g/mol. The summed E-state index contributed by atoms with van der Waals surface area (Å²) in [5.74, 6) is 0.0421. The Bertz CT molecular complexity index is 363. The Hall–Kier alpha value is -1.35. The van der Waals surface area contributed by atoms with Crippen molar-refractivity contribution in [2.45, 2.75) is 33.6 Å². The lowest BCUT2D eigenvalue weighted by molar-refractivity contribution is -0.116. The number of aryl methyl sites for hydroxylation is 3. The number of nitrogens with two attached hydrogens (primary N) is 1. The molecule has 0 saturated heterocycles. The maximum absolute atomic E-state index is 11.6. The summed E-state index contributed by atoms with van der Waals surface area (Å²) >= 11 is 0. The molecule has 3 N–H and O–H groups in total. The third-order valence-corrected chi connectivity index (χ3v) is 2.55. The third-order valence-electron chi connectivity index (χ3n) is 2.55. The maximum Gasteiger partial charge on any atom is 0.224 e. The minimum Gasteiger partial charge on any atom is -0.330 e. The molecule has 1 aromatic rings. The van der Waals surface area contributed by atoms with Crippen LogP contribution in [0, 0.1) is 20.8 Å². The van der Waals surface area contributed by atoms with E-state index in [0.29, 0.717) is 13.0 Å². The molecule has 0 heterocycles. The summed E-state index contributed by atoms with van der Waals surface area (Å²) in [7, 11) is 0. The van der Waals surface area contributed by atoms with Gasteiger partial charge in [0.05, 0.1) is 0 Å². The van der Waals surface area contributed by atoms with Crippen LogP contribution in [0.4, 0.5) is 5.69 Å². The fourth-order valence-corrected chi connectivity index (χ4v) is 1.84. The molecule has 88 valence electrons. The minimum atomic E-state index is 0.0421. The lowest BCUT2D eigenvalue weighted by Gasteiger charge is -2.12. The van der Waals surface area contributed by atoms with Gasteiger partial charge < -0.3 is 11.1 Å². The van der Waals surface area contributed by atoms with Crippen molar-refractivity contribution >= 4 is 11.6 Å². The molecule has 0 bridgehead atoms. The highest BCUT2D eigenvalue weighted by molar-refractivity contribution is 5.92. The van der Waals surface area contributed by atoms with Crippen LogP contribution < -0.4 is 11.1 Å². The summed E-state index contributed by atoms with van der Waals surface area (Å²) in [4.78, 5) is 11.6. The van der Waals surface area contributed by atoms with Crippen LogP contribution in [-0.4, -0.2) is 12.5 Å².